The first-order valence-corrected chi connectivity index (χ1v) is 9.52. The predicted molar refractivity (Wildman–Crippen MR) is 106 cm³/mol. The van der Waals surface area contributed by atoms with Crippen LogP contribution in [0.15, 0.2) is 48.6 Å². The normalized spacial score (nSPS) is 17.7. The smallest absolute Gasteiger partial charge is 0.346 e. The van der Waals surface area contributed by atoms with E-state index in [2.05, 4.69) is 25.5 Å². The summed E-state index contributed by atoms with van der Waals surface area (Å²) in [4.78, 5) is 82.4. The molecule has 1 aromatic carbocycles. The second kappa shape index (κ2) is 11.8. The van der Waals surface area contributed by atoms with Crippen molar-refractivity contribution in [3.63, 3.8) is 0 Å². The molecule has 4 aliphatic rings. The maximum Gasteiger partial charge on any atom is 0.346 e. The second-order valence-electron chi connectivity index (χ2n) is 6.54. The Labute approximate surface area is 191 Å². The first kappa shape index (κ1) is 25.5. The molecule has 5 rings (SSSR count). The van der Waals surface area contributed by atoms with Gasteiger partial charge < -0.3 is 18.9 Å². The van der Waals surface area contributed by atoms with Gasteiger partial charge in [0, 0.05) is 30.6 Å². The highest BCUT2D eigenvalue weighted by Gasteiger charge is 2.28. The van der Waals surface area contributed by atoms with Crippen LogP contribution in [0, 0.1) is 0 Å². The molecule has 0 N–H and O–H groups in total. The molecule has 12 nitrogen and oxygen atoms in total. The van der Waals surface area contributed by atoms with Crippen molar-refractivity contribution in [3.8, 4) is 0 Å². The number of hydrogen-bond acceptors (Lipinski definition) is 12. The van der Waals surface area contributed by atoms with Crippen molar-refractivity contribution in [3.05, 3.63) is 59.7 Å². The van der Waals surface area contributed by atoms with Crippen molar-refractivity contribution in [2.45, 2.75) is 25.7 Å². The van der Waals surface area contributed by atoms with Crippen LogP contribution in [0.3, 0.4) is 0 Å². The second-order valence-corrected chi connectivity index (χ2v) is 6.54. The average Bonchev–Trinajstić information content (AvgIpc) is 3.40. The summed E-state index contributed by atoms with van der Waals surface area (Å²) in [7, 11) is 0. The molecule has 176 valence electrons. The van der Waals surface area contributed by atoms with Crippen LogP contribution in [0.2, 0.25) is 0 Å². The molecule has 2 fully saturated rings. The van der Waals surface area contributed by atoms with E-state index < -0.39 is 35.8 Å². The van der Waals surface area contributed by atoms with Gasteiger partial charge in [-0.1, -0.05) is 18.7 Å². The van der Waals surface area contributed by atoms with Crippen molar-refractivity contribution in [2.75, 3.05) is 0 Å². The first-order valence-electron chi connectivity index (χ1n) is 9.52. The molecule has 4 heterocycles. The summed E-state index contributed by atoms with van der Waals surface area (Å²) < 4.78 is 16.6. The summed E-state index contributed by atoms with van der Waals surface area (Å²) in [6, 6.07) is 6.53. The number of benzene rings is 1. The van der Waals surface area contributed by atoms with Gasteiger partial charge in [0.15, 0.2) is 0 Å². The summed E-state index contributed by atoms with van der Waals surface area (Å²) in [5.41, 5.74) is 0.963. The van der Waals surface area contributed by atoms with Crippen LogP contribution in [0.5, 0.6) is 0 Å². The van der Waals surface area contributed by atoms with E-state index in [0.29, 0.717) is 30.4 Å². The lowest BCUT2D eigenvalue weighted by Crippen LogP contribution is -2.17. The van der Waals surface area contributed by atoms with Gasteiger partial charge in [0.1, 0.15) is 0 Å². The van der Waals surface area contributed by atoms with E-state index in [1.165, 1.54) is 0 Å². The van der Waals surface area contributed by atoms with Crippen LogP contribution in [-0.2, 0) is 47.7 Å². The number of ether oxygens (including phenoxy) is 4. The summed E-state index contributed by atoms with van der Waals surface area (Å²) in [5, 5.41) is 0. The molecule has 12 heteroatoms. The SMILES string of the molecule is C=C1CC(=O)OC1=O.O=C1C=CC(=O)O1.O=C1CCCC(=O)O1.O=C1OC(=O)c2ccccc21. The Morgan fingerprint density at radius 1 is 0.588 bits per heavy atom. The zero-order valence-corrected chi connectivity index (χ0v) is 17.4. The zero-order valence-electron chi connectivity index (χ0n) is 17.4. The third kappa shape index (κ3) is 7.75. The molecule has 4 aliphatic heterocycles. The predicted octanol–water partition coefficient (Wildman–Crippen LogP) is 0.879. The highest BCUT2D eigenvalue weighted by molar-refractivity contribution is 6.14. The Hall–Kier alpha value is -4.74. The van der Waals surface area contributed by atoms with Crippen LogP contribution >= 0.6 is 0 Å². The summed E-state index contributed by atoms with van der Waals surface area (Å²) >= 11 is 0. The largest absolute Gasteiger partial charge is 0.393 e. The van der Waals surface area contributed by atoms with Gasteiger partial charge in [-0.2, -0.15) is 0 Å². The number of cyclic esters (lactones) is 8. The molecule has 0 atom stereocenters. The van der Waals surface area contributed by atoms with Gasteiger partial charge in [0.05, 0.1) is 17.5 Å². The molecule has 0 bridgehead atoms. The molecule has 0 radical (unpaired) electrons. The Kier molecular flexibility index (Phi) is 8.83. The first-order chi connectivity index (χ1) is 16.1. The third-order valence-electron chi connectivity index (χ3n) is 3.95. The lowest BCUT2D eigenvalue weighted by Gasteiger charge is -2.06. The third-order valence-corrected chi connectivity index (χ3v) is 3.95. The average molecular weight is 472 g/mol. The molecule has 1 aromatic rings. The molecule has 34 heavy (non-hydrogen) atoms. The highest BCUT2D eigenvalue weighted by atomic mass is 16.6. The van der Waals surface area contributed by atoms with Crippen molar-refractivity contribution < 1.29 is 57.3 Å². The number of fused-ring (bicyclic) bond motifs is 1. The topological polar surface area (TPSA) is 173 Å². The number of rotatable bonds is 0. The lowest BCUT2D eigenvalue weighted by atomic mass is 10.1. The molecule has 2 saturated heterocycles. The molecule has 0 spiro atoms. The van der Waals surface area contributed by atoms with Crippen LogP contribution < -0.4 is 0 Å². The minimum absolute atomic E-state index is 0.0544. The van der Waals surface area contributed by atoms with E-state index in [4.69, 9.17) is 0 Å². The molecule has 0 saturated carbocycles. The van der Waals surface area contributed by atoms with E-state index in [1.54, 1.807) is 24.3 Å². The molecular weight excluding hydrogens is 456 g/mol. The minimum atomic E-state index is -0.588. The van der Waals surface area contributed by atoms with Crippen molar-refractivity contribution in [1.29, 1.82) is 0 Å². The number of carbonyl (C=O) groups excluding carboxylic acids is 8. The standard InChI is InChI=1S/C8H4O3.C5H4O3.C5H6O3.C4H2O3/c9-7-5-3-1-2-4-6(5)8(10)11-7;1-3-2-4(6)8-5(3)7;6-4-2-1-3-5(7)8-4;5-3-1-2-4(6)7-3/h1-4H;1-2H2;1-3H2;1-2H. The van der Waals surface area contributed by atoms with Gasteiger partial charge in [-0.05, 0) is 18.6 Å². The van der Waals surface area contributed by atoms with E-state index in [0.717, 1.165) is 12.2 Å². The molecule has 0 aliphatic carbocycles. The molecule has 0 amide bonds. The van der Waals surface area contributed by atoms with Crippen molar-refractivity contribution in [2.24, 2.45) is 0 Å². The van der Waals surface area contributed by atoms with Crippen LogP contribution in [0.4, 0.5) is 0 Å². The Morgan fingerprint density at radius 2 is 1.09 bits per heavy atom. The van der Waals surface area contributed by atoms with E-state index in [1.807, 2.05) is 0 Å². The Balaban J connectivity index is 0.000000163. The zero-order chi connectivity index (χ0) is 25.3. The fraction of sp³-hybridized carbons (Fsp3) is 0.182. The molecular formula is C22H16O12. The van der Waals surface area contributed by atoms with Crippen LogP contribution in [-0.4, -0.2) is 47.8 Å². The highest BCUT2D eigenvalue weighted by Crippen LogP contribution is 2.18. The van der Waals surface area contributed by atoms with Gasteiger partial charge in [0.2, 0.25) is 0 Å². The number of esters is 8. The number of hydrogen-bond donors (Lipinski definition) is 0. The van der Waals surface area contributed by atoms with Gasteiger partial charge in [-0.15, -0.1) is 0 Å². The Bertz CT molecular complexity index is 1040. The Morgan fingerprint density at radius 3 is 1.35 bits per heavy atom. The van der Waals surface area contributed by atoms with Gasteiger partial charge >= 0.3 is 47.8 Å². The number of carbonyl (C=O) groups is 8. The van der Waals surface area contributed by atoms with Crippen molar-refractivity contribution >= 4 is 47.8 Å². The maximum absolute atomic E-state index is 10.8. The van der Waals surface area contributed by atoms with E-state index in [-0.39, 0.29) is 23.9 Å². The van der Waals surface area contributed by atoms with E-state index in [9.17, 15) is 38.4 Å². The maximum atomic E-state index is 10.8. The van der Waals surface area contributed by atoms with E-state index >= 15 is 0 Å². The molecule has 0 aromatic heterocycles. The fourth-order valence-corrected chi connectivity index (χ4v) is 2.40. The lowest BCUT2D eigenvalue weighted by molar-refractivity contribution is -0.163. The summed E-state index contributed by atoms with van der Waals surface area (Å²) in [6.45, 7) is 3.29. The fourth-order valence-electron chi connectivity index (χ4n) is 2.40. The van der Waals surface area contributed by atoms with Crippen LogP contribution in [0.1, 0.15) is 46.4 Å². The van der Waals surface area contributed by atoms with Crippen molar-refractivity contribution in [1.82, 2.24) is 0 Å². The van der Waals surface area contributed by atoms with Gasteiger partial charge in [-0.3, -0.25) is 14.4 Å². The minimum Gasteiger partial charge on any atom is -0.393 e. The molecule has 0 unspecified atom stereocenters. The quantitative estimate of drug-likeness (QED) is 0.226. The monoisotopic (exact) mass is 472 g/mol. The van der Waals surface area contributed by atoms with Gasteiger partial charge in [0.25, 0.3) is 0 Å². The summed E-state index contributed by atoms with van der Waals surface area (Å²) in [6.07, 6.45) is 3.67. The van der Waals surface area contributed by atoms with Gasteiger partial charge in [-0.25, -0.2) is 24.0 Å². The summed E-state index contributed by atoms with van der Waals surface area (Å²) in [5.74, 6) is -4.12. The van der Waals surface area contributed by atoms with Crippen LogP contribution in [0.25, 0.3) is 0 Å².